The van der Waals surface area contributed by atoms with Crippen molar-refractivity contribution in [3.8, 4) is 0 Å². The van der Waals surface area contributed by atoms with E-state index in [1.807, 2.05) is 0 Å². The van der Waals surface area contributed by atoms with Gasteiger partial charge in [-0.25, -0.2) is 0 Å². The average Bonchev–Trinajstić information content (AvgIpc) is 3.14. The van der Waals surface area contributed by atoms with E-state index >= 15 is 0 Å². The summed E-state index contributed by atoms with van der Waals surface area (Å²) in [6.07, 6.45) is 3.58. The van der Waals surface area contributed by atoms with Crippen molar-refractivity contribution in [2.24, 2.45) is 5.41 Å². The molecule has 7 nitrogen and oxygen atoms in total. The lowest BCUT2D eigenvalue weighted by Gasteiger charge is -2.25. The van der Waals surface area contributed by atoms with E-state index in [0.29, 0.717) is 11.4 Å². The lowest BCUT2D eigenvalue weighted by Crippen LogP contribution is -2.46. The number of hydrogen-bond donors (Lipinski definition) is 2. The van der Waals surface area contributed by atoms with Crippen LogP contribution >= 0.6 is 0 Å². The van der Waals surface area contributed by atoms with Crippen LogP contribution in [0.2, 0.25) is 0 Å². The van der Waals surface area contributed by atoms with Crippen LogP contribution in [0.5, 0.6) is 0 Å². The summed E-state index contributed by atoms with van der Waals surface area (Å²) in [5, 5.41) is 5.36. The lowest BCUT2D eigenvalue weighted by molar-refractivity contribution is -0.147. The van der Waals surface area contributed by atoms with Crippen molar-refractivity contribution < 1.29 is 19.2 Å². The van der Waals surface area contributed by atoms with Gasteiger partial charge in [0, 0.05) is 24.7 Å². The van der Waals surface area contributed by atoms with Crippen molar-refractivity contribution in [3.05, 3.63) is 24.3 Å². The first-order valence-electron chi connectivity index (χ1n) is 8.87. The average molecular weight is 357 g/mol. The molecular weight excluding hydrogens is 334 g/mol. The summed E-state index contributed by atoms with van der Waals surface area (Å²) >= 11 is 0. The molecule has 0 aromatic heterocycles. The van der Waals surface area contributed by atoms with E-state index < -0.39 is 17.4 Å². The van der Waals surface area contributed by atoms with Gasteiger partial charge in [0.25, 0.3) is 0 Å². The maximum absolute atomic E-state index is 12.8. The summed E-state index contributed by atoms with van der Waals surface area (Å²) in [6.45, 7) is 2.99. The first-order chi connectivity index (χ1) is 12.3. The number of benzene rings is 1. The Morgan fingerprint density at radius 1 is 1.04 bits per heavy atom. The number of likely N-dealkylation sites (tertiary alicyclic amines) is 1. The van der Waals surface area contributed by atoms with Crippen LogP contribution in [0.1, 0.15) is 46.0 Å². The molecule has 0 unspecified atom stereocenters. The summed E-state index contributed by atoms with van der Waals surface area (Å²) in [6, 6.07) is 5.79. The van der Waals surface area contributed by atoms with Crippen molar-refractivity contribution in [1.82, 2.24) is 4.90 Å². The summed E-state index contributed by atoms with van der Waals surface area (Å²) in [4.78, 5) is 49.8. The van der Waals surface area contributed by atoms with E-state index in [1.165, 1.54) is 6.92 Å². The number of nitrogens with one attached hydrogen (secondary N) is 2. The normalized spacial score (nSPS) is 19.7. The Morgan fingerprint density at radius 3 is 2.12 bits per heavy atom. The number of imide groups is 1. The van der Waals surface area contributed by atoms with Gasteiger partial charge in [-0.3, -0.25) is 24.1 Å². The van der Waals surface area contributed by atoms with Crippen molar-refractivity contribution >= 4 is 35.0 Å². The van der Waals surface area contributed by atoms with Crippen molar-refractivity contribution in [1.29, 1.82) is 0 Å². The third-order valence-electron chi connectivity index (χ3n) is 5.23. The number of rotatable bonds is 4. The van der Waals surface area contributed by atoms with Gasteiger partial charge in [-0.15, -0.1) is 0 Å². The van der Waals surface area contributed by atoms with Crippen molar-refractivity contribution in [3.63, 3.8) is 0 Å². The maximum Gasteiger partial charge on any atom is 0.247 e. The summed E-state index contributed by atoms with van der Waals surface area (Å²) in [7, 11) is 0. The topological polar surface area (TPSA) is 95.6 Å². The molecule has 1 atom stereocenters. The molecule has 1 aliphatic carbocycles. The number of carbonyl (C=O) groups is 4. The van der Waals surface area contributed by atoms with Gasteiger partial charge in [0.05, 0.1) is 5.41 Å². The largest absolute Gasteiger partial charge is 0.326 e. The minimum Gasteiger partial charge on any atom is -0.326 e. The van der Waals surface area contributed by atoms with Gasteiger partial charge >= 0.3 is 0 Å². The highest BCUT2D eigenvalue weighted by Gasteiger charge is 2.54. The molecule has 7 heteroatoms. The zero-order valence-corrected chi connectivity index (χ0v) is 15.0. The van der Waals surface area contributed by atoms with Crippen LogP contribution in [0.15, 0.2) is 24.3 Å². The fourth-order valence-corrected chi connectivity index (χ4v) is 3.86. The minimum absolute atomic E-state index is 0.178. The third-order valence-corrected chi connectivity index (χ3v) is 5.23. The number of anilines is 2. The Bertz CT molecular complexity index is 751. The highest BCUT2D eigenvalue weighted by molar-refractivity contribution is 6.10. The molecule has 0 bridgehead atoms. The quantitative estimate of drug-likeness (QED) is 0.808. The van der Waals surface area contributed by atoms with E-state index in [0.717, 1.165) is 30.6 Å². The van der Waals surface area contributed by atoms with E-state index in [4.69, 9.17) is 0 Å². The predicted octanol–water partition coefficient (Wildman–Crippen LogP) is 2.29. The first kappa shape index (κ1) is 18.1. The zero-order chi connectivity index (χ0) is 18.9. The van der Waals surface area contributed by atoms with Gasteiger partial charge in [-0.1, -0.05) is 12.8 Å². The van der Waals surface area contributed by atoms with Crippen LogP contribution in [0.3, 0.4) is 0 Å². The zero-order valence-electron chi connectivity index (χ0n) is 15.0. The molecule has 2 fully saturated rings. The third kappa shape index (κ3) is 3.34. The van der Waals surface area contributed by atoms with Crippen LogP contribution in [-0.4, -0.2) is 34.6 Å². The van der Waals surface area contributed by atoms with Crippen molar-refractivity contribution in [2.45, 2.75) is 52.0 Å². The molecular formula is C19H23N3O4. The van der Waals surface area contributed by atoms with Crippen LogP contribution in [0, 0.1) is 5.41 Å². The van der Waals surface area contributed by atoms with Crippen LogP contribution in [-0.2, 0) is 19.2 Å². The van der Waals surface area contributed by atoms with Gasteiger partial charge in [0.2, 0.25) is 23.6 Å². The highest BCUT2D eigenvalue weighted by Crippen LogP contribution is 2.47. The smallest absolute Gasteiger partial charge is 0.247 e. The molecule has 138 valence electrons. The molecule has 4 amide bonds. The SMILES string of the molecule is CC(=O)Nc1ccc(NC(=O)[C@@H](C)N2C(=O)CC3(CCCC3)C2=O)cc1. The van der Waals surface area contributed by atoms with Gasteiger partial charge < -0.3 is 10.6 Å². The molecule has 26 heavy (non-hydrogen) atoms. The molecule has 1 saturated carbocycles. The van der Waals surface area contributed by atoms with Gasteiger partial charge in [-0.05, 0) is 44.0 Å². The number of nitrogens with zero attached hydrogens (tertiary/aromatic N) is 1. The molecule has 2 aliphatic rings. The van der Waals surface area contributed by atoms with Crippen molar-refractivity contribution in [2.75, 3.05) is 10.6 Å². The first-order valence-corrected chi connectivity index (χ1v) is 8.87. The van der Waals surface area contributed by atoms with Gasteiger partial charge in [0.1, 0.15) is 6.04 Å². The Hall–Kier alpha value is -2.70. The molecule has 3 rings (SSSR count). The highest BCUT2D eigenvalue weighted by atomic mass is 16.2. The molecule has 0 radical (unpaired) electrons. The number of amides is 4. The molecule has 1 aromatic carbocycles. The van der Waals surface area contributed by atoms with Crippen LogP contribution < -0.4 is 10.6 Å². The molecule has 1 saturated heterocycles. The standard InChI is InChI=1S/C19H23N3O4/c1-12(22-16(24)11-19(18(22)26)9-3-4-10-19)17(25)21-15-7-5-14(6-8-15)20-13(2)23/h5-8,12H,3-4,9-11H2,1-2H3,(H,20,23)(H,21,25)/t12-/m1/s1. The fourth-order valence-electron chi connectivity index (χ4n) is 3.86. The van der Waals surface area contributed by atoms with Gasteiger partial charge in [0.15, 0.2) is 0 Å². The molecule has 1 aromatic rings. The van der Waals surface area contributed by atoms with E-state index in [9.17, 15) is 19.2 Å². The molecule has 1 spiro atoms. The Kier molecular flexibility index (Phi) is 4.80. The Morgan fingerprint density at radius 2 is 1.58 bits per heavy atom. The van der Waals surface area contributed by atoms with Gasteiger partial charge in [-0.2, -0.15) is 0 Å². The Balaban J connectivity index is 1.67. The molecule has 2 N–H and O–H groups in total. The van der Waals surface area contributed by atoms with E-state index in [1.54, 1.807) is 31.2 Å². The summed E-state index contributed by atoms with van der Waals surface area (Å²) in [5.74, 6) is -1.06. The second-order valence-corrected chi connectivity index (χ2v) is 7.16. The Labute approximate surface area is 152 Å². The number of hydrogen-bond acceptors (Lipinski definition) is 4. The summed E-state index contributed by atoms with van der Waals surface area (Å²) < 4.78 is 0. The molecule has 1 heterocycles. The fraction of sp³-hybridized carbons (Fsp3) is 0.474. The second-order valence-electron chi connectivity index (χ2n) is 7.16. The molecule has 1 aliphatic heterocycles. The number of carbonyl (C=O) groups excluding carboxylic acids is 4. The lowest BCUT2D eigenvalue weighted by atomic mass is 9.84. The monoisotopic (exact) mass is 357 g/mol. The van der Waals surface area contributed by atoms with Crippen LogP contribution in [0.4, 0.5) is 11.4 Å². The second kappa shape index (κ2) is 6.90. The minimum atomic E-state index is -0.856. The van der Waals surface area contributed by atoms with Crippen LogP contribution in [0.25, 0.3) is 0 Å². The van der Waals surface area contributed by atoms with E-state index in [2.05, 4.69) is 10.6 Å². The van der Waals surface area contributed by atoms with E-state index in [-0.39, 0.29) is 24.1 Å². The maximum atomic E-state index is 12.8. The summed E-state index contributed by atoms with van der Waals surface area (Å²) in [5.41, 5.74) is 0.577. The predicted molar refractivity (Wildman–Crippen MR) is 96.2 cm³/mol.